The van der Waals surface area contributed by atoms with Crippen LogP contribution in [0.2, 0.25) is 0 Å². The molecule has 2 aliphatic heterocycles. The fourth-order valence-electron chi connectivity index (χ4n) is 3.85. The lowest BCUT2D eigenvalue weighted by Gasteiger charge is -2.31. The minimum absolute atomic E-state index is 0.0211. The number of piperidine rings is 1. The molecule has 23 heavy (non-hydrogen) atoms. The first kappa shape index (κ1) is 14.4. The maximum absolute atomic E-state index is 12.1. The van der Waals surface area contributed by atoms with Gasteiger partial charge in [0.15, 0.2) is 6.04 Å². The van der Waals surface area contributed by atoms with Crippen molar-refractivity contribution >= 4 is 22.8 Å². The van der Waals surface area contributed by atoms with Gasteiger partial charge < -0.3 is 9.88 Å². The van der Waals surface area contributed by atoms with Gasteiger partial charge in [-0.2, -0.15) is 0 Å². The molecule has 6 heteroatoms. The molecular weight excluding hydrogens is 292 g/mol. The molecule has 6 nitrogen and oxygen atoms in total. The Labute approximate surface area is 134 Å². The molecule has 2 N–H and O–H groups in total. The van der Waals surface area contributed by atoms with E-state index in [1.54, 1.807) is 7.05 Å². The third-order valence-electron chi connectivity index (χ3n) is 5.30. The van der Waals surface area contributed by atoms with Crippen molar-refractivity contribution in [3.8, 4) is 0 Å². The number of quaternary nitrogens is 1. The second-order valence-electron chi connectivity index (χ2n) is 6.62. The van der Waals surface area contributed by atoms with E-state index < -0.39 is 0 Å². The summed E-state index contributed by atoms with van der Waals surface area (Å²) in [4.78, 5) is 34.5. The summed E-state index contributed by atoms with van der Waals surface area (Å²) in [5.41, 5.74) is 2.09. The molecule has 4 rings (SSSR count). The van der Waals surface area contributed by atoms with Crippen molar-refractivity contribution in [3.05, 3.63) is 30.1 Å². The molecule has 0 spiro atoms. The first-order valence-electron chi connectivity index (χ1n) is 8.23. The molecular formula is C17H21N4O2+. The number of rotatable bonds is 2. The van der Waals surface area contributed by atoms with Crippen molar-refractivity contribution in [2.24, 2.45) is 0 Å². The van der Waals surface area contributed by atoms with Crippen molar-refractivity contribution < 1.29 is 14.5 Å². The van der Waals surface area contributed by atoms with Gasteiger partial charge in [-0.25, -0.2) is 4.98 Å². The SMILES string of the molecule is CN1C(=O)C[C@@H]([NH+]2CCC(c3nc4ccccc4[nH]3)CC2)C1=O. The van der Waals surface area contributed by atoms with Crippen molar-refractivity contribution in [1.29, 1.82) is 0 Å². The smallest absolute Gasteiger partial charge is 0.287 e. The number of likely N-dealkylation sites (tertiary alicyclic amines) is 2. The van der Waals surface area contributed by atoms with Gasteiger partial charge in [-0.15, -0.1) is 0 Å². The zero-order valence-corrected chi connectivity index (χ0v) is 13.2. The average Bonchev–Trinajstić information content (AvgIpc) is 3.12. The van der Waals surface area contributed by atoms with Crippen LogP contribution >= 0.6 is 0 Å². The van der Waals surface area contributed by atoms with Gasteiger partial charge in [0.1, 0.15) is 5.82 Å². The number of H-pyrrole nitrogens is 1. The summed E-state index contributed by atoms with van der Waals surface area (Å²) >= 11 is 0. The summed E-state index contributed by atoms with van der Waals surface area (Å²) in [6, 6.07) is 7.90. The van der Waals surface area contributed by atoms with E-state index in [0.29, 0.717) is 12.3 Å². The molecule has 0 radical (unpaired) electrons. The molecule has 3 heterocycles. The molecule has 0 saturated carbocycles. The third kappa shape index (κ3) is 2.43. The van der Waals surface area contributed by atoms with Crippen LogP contribution in [-0.2, 0) is 9.59 Å². The number of benzene rings is 1. The van der Waals surface area contributed by atoms with Gasteiger partial charge in [0.05, 0.1) is 30.5 Å². The van der Waals surface area contributed by atoms with E-state index in [2.05, 4.69) is 4.98 Å². The summed E-state index contributed by atoms with van der Waals surface area (Å²) < 4.78 is 0. The average molecular weight is 313 g/mol. The number of aromatic nitrogens is 2. The molecule has 1 aromatic heterocycles. The molecule has 2 saturated heterocycles. The third-order valence-corrected chi connectivity index (χ3v) is 5.30. The van der Waals surface area contributed by atoms with Crippen molar-refractivity contribution in [1.82, 2.24) is 14.9 Å². The number of imidazole rings is 1. The lowest BCUT2D eigenvalue weighted by molar-refractivity contribution is -0.920. The van der Waals surface area contributed by atoms with E-state index in [9.17, 15) is 9.59 Å². The Morgan fingerprint density at radius 2 is 1.96 bits per heavy atom. The van der Waals surface area contributed by atoms with Crippen LogP contribution in [0.25, 0.3) is 11.0 Å². The van der Waals surface area contributed by atoms with Gasteiger partial charge in [-0.1, -0.05) is 12.1 Å². The first-order valence-corrected chi connectivity index (χ1v) is 8.23. The van der Waals surface area contributed by atoms with Crippen molar-refractivity contribution in [2.45, 2.75) is 31.2 Å². The maximum Gasteiger partial charge on any atom is 0.287 e. The Hall–Kier alpha value is -2.21. The van der Waals surface area contributed by atoms with Crippen LogP contribution in [0.5, 0.6) is 0 Å². The standard InChI is InChI=1S/C17H20N4O2/c1-20-15(22)10-14(17(20)23)21-8-6-11(7-9-21)16-18-12-4-2-3-5-13(12)19-16/h2-5,11,14H,6-10H2,1H3,(H,18,19)/p+1/t14-/m1/s1. The van der Waals surface area contributed by atoms with E-state index in [0.717, 1.165) is 42.8 Å². The van der Waals surface area contributed by atoms with Gasteiger partial charge >= 0.3 is 0 Å². The Bertz CT molecular complexity index is 728. The van der Waals surface area contributed by atoms with Crippen LogP contribution in [0, 0.1) is 0 Å². The van der Waals surface area contributed by atoms with Gasteiger partial charge in [-0.05, 0) is 12.1 Å². The quantitative estimate of drug-likeness (QED) is 0.772. The maximum atomic E-state index is 12.1. The molecule has 120 valence electrons. The predicted octanol–water partition coefficient (Wildman–Crippen LogP) is 0.0825. The molecule has 1 atom stereocenters. The molecule has 2 fully saturated rings. The highest BCUT2D eigenvalue weighted by Gasteiger charge is 2.44. The number of hydrogen-bond donors (Lipinski definition) is 2. The molecule has 2 amide bonds. The predicted molar refractivity (Wildman–Crippen MR) is 84.9 cm³/mol. The second-order valence-corrected chi connectivity index (χ2v) is 6.62. The highest BCUT2D eigenvalue weighted by molar-refractivity contribution is 6.04. The molecule has 2 aliphatic rings. The molecule has 1 aromatic carbocycles. The summed E-state index contributed by atoms with van der Waals surface area (Å²) in [5, 5.41) is 0. The van der Waals surface area contributed by atoms with Gasteiger partial charge in [0.25, 0.3) is 5.91 Å². The van der Waals surface area contributed by atoms with Crippen molar-refractivity contribution in [3.63, 3.8) is 0 Å². The molecule has 0 unspecified atom stereocenters. The summed E-state index contributed by atoms with van der Waals surface area (Å²) in [5.74, 6) is 1.39. The highest BCUT2D eigenvalue weighted by atomic mass is 16.2. The Kier molecular flexibility index (Phi) is 3.41. The normalized spacial score (nSPS) is 28.7. The topological polar surface area (TPSA) is 70.5 Å². The van der Waals surface area contributed by atoms with Gasteiger partial charge in [0.2, 0.25) is 5.91 Å². The fourth-order valence-corrected chi connectivity index (χ4v) is 3.85. The number of hydrogen-bond acceptors (Lipinski definition) is 3. The fraction of sp³-hybridized carbons (Fsp3) is 0.471. The number of nitrogens with one attached hydrogen (secondary N) is 2. The van der Waals surface area contributed by atoms with Crippen LogP contribution in [0.4, 0.5) is 0 Å². The monoisotopic (exact) mass is 313 g/mol. The number of para-hydroxylation sites is 2. The minimum Gasteiger partial charge on any atom is -0.342 e. The number of likely N-dealkylation sites (N-methyl/N-ethyl adjacent to an activating group) is 1. The molecule has 0 aliphatic carbocycles. The van der Waals surface area contributed by atoms with Gasteiger partial charge in [-0.3, -0.25) is 14.5 Å². The lowest BCUT2D eigenvalue weighted by Crippen LogP contribution is -3.17. The minimum atomic E-state index is -0.177. The zero-order valence-electron chi connectivity index (χ0n) is 13.2. The summed E-state index contributed by atoms with van der Waals surface area (Å²) in [7, 11) is 1.59. The van der Waals surface area contributed by atoms with E-state index in [-0.39, 0.29) is 17.9 Å². The van der Waals surface area contributed by atoms with E-state index in [1.165, 1.54) is 9.80 Å². The number of aromatic amines is 1. The number of carbonyl (C=O) groups is 2. The lowest BCUT2D eigenvalue weighted by atomic mass is 9.95. The van der Waals surface area contributed by atoms with Crippen LogP contribution in [-0.4, -0.2) is 52.9 Å². The van der Waals surface area contributed by atoms with Crippen LogP contribution in [0.3, 0.4) is 0 Å². The zero-order chi connectivity index (χ0) is 16.0. The van der Waals surface area contributed by atoms with Crippen LogP contribution < -0.4 is 4.90 Å². The highest BCUT2D eigenvalue weighted by Crippen LogP contribution is 2.24. The Balaban J connectivity index is 1.45. The van der Waals surface area contributed by atoms with Crippen molar-refractivity contribution in [2.75, 3.05) is 20.1 Å². The largest absolute Gasteiger partial charge is 0.342 e. The van der Waals surface area contributed by atoms with E-state index in [1.807, 2.05) is 24.3 Å². The number of fused-ring (bicyclic) bond motifs is 1. The number of carbonyl (C=O) groups excluding carboxylic acids is 2. The second kappa shape index (κ2) is 5.45. The molecule has 2 aromatic rings. The number of imide groups is 1. The van der Waals surface area contributed by atoms with E-state index in [4.69, 9.17) is 4.98 Å². The Morgan fingerprint density at radius 1 is 1.22 bits per heavy atom. The van der Waals surface area contributed by atoms with E-state index >= 15 is 0 Å². The van der Waals surface area contributed by atoms with Crippen LogP contribution in [0.1, 0.15) is 31.0 Å². The summed E-state index contributed by atoms with van der Waals surface area (Å²) in [6.07, 6.45) is 2.35. The summed E-state index contributed by atoms with van der Waals surface area (Å²) in [6.45, 7) is 1.83. The molecule has 0 bridgehead atoms. The number of amides is 2. The van der Waals surface area contributed by atoms with Gasteiger partial charge in [0, 0.05) is 25.8 Å². The Morgan fingerprint density at radius 3 is 2.61 bits per heavy atom. The first-order chi connectivity index (χ1) is 11.1. The van der Waals surface area contributed by atoms with Crippen LogP contribution in [0.15, 0.2) is 24.3 Å². The number of nitrogens with zero attached hydrogens (tertiary/aromatic N) is 2.